The largest absolute Gasteiger partial charge is 0.379 e. The van der Waals surface area contributed by atoms with Gasteiger partial charge in [-0.25, -0.2) is 4.98 Å². The number of nitrogens with zero attached hydrogens (tertiary/aromatic N) is 3. The molecule has 6 nitrogen and oxygen atoms in total. The Morgan fingerprint density at radius 1 is 1.37 bits per heavy atom. The molecule has 0 bridgehead atoms. The lowest BCUT2D eigenvalue weighted by Gasteiger charge is -2.26. The van der Waals surface area contributed by atoms with Crippen molar-refractivity contribution in [1.29, 1.82) is 0 Å². The zero-order valence-corrected chi connectivity index (χ0v) is 11.8. The molecule has 1 aliphatic heterocycles. The summed E-state index contributed by atoms with van der Waals surface area (Å²) in [5.41, 5.74) is 1.07. The molecule has 0 aliphatic carbocycles. The number of rotatable bonds is 6. The summed E-state index contributed by atoms with van der Waals surface area (Å²) in [4.78, 5) is 11.0. The Morgan fingerprint density at radius 2 is 2.16 bits per heavy atom. The molecule has 1 aromatic heterocycles. The van der Waals surface area contributed by atoms with Crippen molar-refractivity contribution in [1.82, 2.24) is 14.9 Å². The molecule has 0 spiro atoms. The van der Waals surface area contributed by atoms with E-state index < -0.39 is 0 Å². The van der Waals surface area contributed by atoms with Crippen LogP contribution in [0.4, 0.5) is 11.8 Å². The Hall–Kier alpha value is -1.40. The minimum absolute atomic E-state index is 0.654. The standard InChI is InChI=1S/C13H23N5O/c1-11-10-16-13(14-2)17-12(11)15-4-3-5-18-6-8-19-9-7-18/h10H,3-9H2,1-2H3,(H2,14,15,16,17). The molecule has 1 fully saturated rings. The van der Waals surface area contributed by atoms with Crippen molar-refractivity contribution in [3.63, 3.8) is 0 Å². The normalized spacial score (nSPS) is 16.3. The highest BCUT2D eigenvalue weighted by Gasteiger charge is 2.09. The molecule has 6 heteroatoms. The number of anilines is 2. The topological polar surface area (TPSA) is 62.3 Å². The van der Waals surface area contributed by atoms with Crippen LogP contribution in [0.15, 0.2) is 6.20 Å². The highest BCUT2D eigenvalue weighted by molar-refractivity contribution is 5.46. The van der Waals surface area contributed by atoms with Crippen molar-refractivity contribution >= 4 is 11.8 Å². The van der Waals surface area contributed by atoms with Crippen LogP contribution >= 0.6 is 0 Å². The van der Waals surface area contributed by atoms with Gasteiger partial charge in [0.25, 0.3) is 0 Å². The second-order valence-electron chi connectivity index (χ2n) is 4.71. The second-order valence-corrected chi connectivity index (χ2v) is 4.71. The van der Waals surface area contributed by atoms with Crippen molar-refractivity contribution in [2.24, 2.45) is 0 Å². The van der Waals surface area contributed by atoms with E-state index in [1.54, 1.807) is 0 Å². The molecular weight excluding hydrogens is 242 g/mol. The predicted octanol–water partition coefficient (Wildman–Crippen LogP) is 0.961. The summed E-state index contributed by atoms with van der Waals surface area (Å²) in [6, 6.07) is 0. The molecule has 1 saturated heterocycles. The van der Waals surface area contributed by atoms with Crippen LogP contribution in [0.5, 0.6) is 0 Å². The number of aryl methyl sites for hydroxylation is 1. The van der Waals surface area contributed by atoms with Crippen molar-refractivity contribution in [3.05, 3.63) is 11.8 Å². The van der Waals surface area contributed by atoms with Crippen LogP contribution in [-0.4, -0.2) is 61.3 Å². The monoisotopic (exact) mass is 265 g/mol. The summed E-state index contributed by atoms with van der Waals surface area (Å²) in [6.07, 6.45) is 2.95. The molecule has 0 atom stereocenters. The molecule has 0 amide bonds. The Bertz CT molecular complexity index is 393. The molecule has 0 unspecified atom stereocenters. The van der Waals surface area contributed by atoms with E-state index in [4.69, 9.17) is 4.74 Å². The number of nitrogens with one attached hydrogen (secondary N) is 2. The minimum Gasteiger partial charge on any atom is -0.379 e. The summed E-state index contributed by atoms with van der Waals surface area (Å²) in [6.45, 7) is 7.89. The van der Waals surface area contributed by atoms with Crippen molar-refractivity contribution in [2.75, 3.05) is 57.1 Å². The first-order valence-corrected chi connectivity index (χ1v) is 6.85. The average molecular weight is 265 g/mol. The van der Waals surface area contributed by atoms with Gasteiger partial charge in [-0.2, -0.15) is 4.98 Å². The molecule has 19 heavy (non-hydrogen) atoms. The SMILES string of the molecule is CNc1ncc(C)c(NCCCN2CCOCC2)n1. The Labute approximate surface area is 114 Å². The zero-order chi connectivity index (χ0) is 13.5. The maximum absolute atomic E-state index is 5.34. The molecule has 106 valence electrons. The van der Waals surface area contributed by atoms with Crippen LogP contribution in [0.25, 0.3) is 0 Å². The van der Waals surface area contributed by atoms with Crippen LogP contribution in [-0.2, 0) is 4.74 Å². The van der Waals surface area contributed by atoms with Gasteiger partial charge in [0.2, 0.25) is 5.95 Å². The molecule has 2 heterocycles. The van der Waals surface area contributed by atoms with Gasteiger partial charge in [-0.3, -0.25) is 4.90 Å². The van der Waals surface area contributed by atoms with E-state index in [-0.39, 0.29) is 0 Å². The molecule has 1 aromatic rings. The lowest BCUT2D eigenvalue weighted by atomic mass is 10.3. The zero-order valence-electron chi connectivity index (χ0n) is 11.8. The van der Waals surface area contributed by atoms with Gasteiger partial charge in [0, 0.05) is 38.4 Å². The molecular formula is C13H23N5O. The Kier molecular flexibility index (Phi) is 5.35. The third kappa shape index (κ3) is 4.33. The highest BCUT2D eigenvalue weighted by Crippen LogP contribution is 2.12. The molecule has 1 aliphatic rings. The summed E-state index contributed by atoms with van der Waals surface area (Å²) in [7, 11) is 1.83. The van der Waals surface area contributed by atoms with Crippen molar-refractivity contribution in [2.45, 2.75) is 13.3 Å². The fraction of sp³-hybridized carbons (Fsp3) is 0.692. The van der Waals surface area contributed by atoms with E-state index in [1.165, 1.54) is 0 Å². The van der Waals surface area contributed by atoms with E-state index in [1.807, 2.05) is 20.2 Å². The fourth-order valence-corrected chi connectivity index (χ4v) is 2.08. The smallest absolute Gasteiger partial charge is 0.224 e. The summed E-state index contributed by atoms with van der Waals surface area (Å²) in [5.74, 6) is 1.57. The number of aromatic nitrogens is 2. The van der Waals surface area contributed by atoms with Gasteiger partial charge in [0.15, 0.2) is 0 Å². The van der Waals surface area contributed by atoms with Crippen LogP contribution < -0.4 is 10.6 Å². The van der Waals surface area contributed by atoms with E-state index in [0.717, 1.165) is 57.2 Å². The molecule has 2 rings (SSSR count). The van der Waals surface area contributed by atoms with Gasteiger partial charge >= 0.3 is 0 Å². The number of morpholine rings is 1. The molecule has 0 radical (unpaired) electrons. The Balaban J connectivity index is 1.72. The third-order valence-electron chi connectivity index (χ3n) is 3.24. The van der Waals surface area contributed by atoms with Gasteiger partial charge in [-0.05, 0) is 19.9 Å². The lowest BCUT2D eigenvalue weighted by molar-refractivity contribution is 0.0378. The van der Waals surface area contributed by atoms with Gasteiger partial charge in [0.05, 0.1) is 13.2 Å². The molecule has 0 saturated carbocycles. The maximum atomic E-state index is 5.34. The fourth-order valence-electron chi connectivity index (χ4n) is 2.08. The first-order chi connectivity index (χ1) is 9.29. The number of hydrogen-bond donors (Lipinski definition) is 2. The van der Waals surface area contributed by atoms with E-state index in [0.29, 0.717) is 5.95 Å². The van der Waals surface area contributed by atoms with Gasteiger partial charge in [0.1, 0.15) is 5.82 Å². The maximum Gasteiger partial charge on any atom is 0.224 e. The minimum atomic E-state index is 0.654. The van der Waals surface area contributed by atoms with Crippen LogP contribution in [0, 0.1) is 6.92 Å². The molecule has 2 N–H and O–H groups in total. The van der Waals surface area contributed by atoms with Crippen LogP contribution in [0.3, 0.4) is 0 Å². The van der Waals surface area contributed by atoms with Gasteiger partial charge in [-0.1, -0.05) is 0 Å². The van der Waals surface area contributed by atoms with Crippen molar-refractivity contribution < 1.29 is 4.74 Å². The second kappa shape index (κ2) is 7.25. The van der Waals surface area contributed by atoms with E-state index in [9.17, 15) is 0 Å². The van der Waals surface area contributed by atoms with Gasteiger partial charge < -0.3 is 15.4 Å². The third-order valence-corrected chi connectivity index (χ3v) is 3.24. The first kappa shape index (κ1) is 14.0. The van der Waals surface area contributed by atoms with Crippen molar-refractivity contribution in [3.8, 4) is 0 Å². The van der Waals surface area contributed by atoms with E-state index >= 15 is 0 Å². The summed E-state index contributed by atoms with van der Waals surface area (Å²) >= 11 is 0. The van der Waals surface area contributed by atoms with Crippen LogP contribution in [0.2, 0.25) is 0 Å². The van der Waals surface area contributed by atoms with Crippen LogP contribution in [0.1, 0.15) is 12.0 Å². The summed E-state index contributed by atoms with van der Waals surface area (Å²) < 4.78 is 5.34. The Morgan fingerprint density at radius 3 is 2.89 bits per heavy atom. The molecule has 0 aromatic carbocycles. The van der Waals surface area contributed by atoms with Gasteiger partial charge in [-0.15, -0.1) is 0 Å². The highest BCUT2D eigenvalue weighted by atomic mass is 16.5. The first-order valence-electron chi connectivity index (χ1n) is 6.85. The average Bonchev–Trinajstić information content (AvgIpc) is 2.46. The number of ether oxygens (including phenoxy) is 1. The quantitative estimate of drug-likeness (QED) is 0.747. The lowest BCUT2D eigenvalue weighted by Crippen LogP contribution is -2.37. The summed E-state index contributed by atoms with van der Waals surface area (Å²) in [5, 5.41) is 6.33. The van der Waals surface area contributed by atoms with E-state index in [2.05, 4.69) is 25.5 Å². The predicted molar refractivity (Wildman–Crippen MR) is 76.7 cm³/mol. The number of hydrogen-bond acceptors (Lipinski definition) is 6.